The Hall–Kier alpha value is -1.55. The Labute approximate surface area is 140 Å². The van der Waals surface area contributed by atoms with E-state index in [1.54, 1.807) is 7.11 Å². The van der Waals surface area contributed by atoms with Gasteiger partial charge in [0.25, 0.3) is 0 Å². The number of amides is 1. The van der Waals surface area contributed by atoms with Gasteiger partial charge in [-0.3, -0.25) is 9.69 Å². The summed E-state index contributed by atoms with van der Waals surface area (Å²) in [6.07, 6.45) is 1.08. The number of methoxy groups -OCH3 is 1. The highest BCUT2D eigenvalue weighted by atomic mass is 16.5. The van der Waals surface area contributed by atoms with Gasteiger partial charge >= 0.3 is 0 Å². The predicted molar refractivity (Wildman–Crippen MR) is 93.9 cm³/mol. The number of ether oxygens (including phenoxy) is 1. The number of likely N-dealkylation sites (tertiary alicyclic amines) is 1. The first-order chi connectivity index (χ1) is 10.9. The van der Waals surface area contributed by atoms with Gasteiger partial charge in [0.1, 0.15) is 5.75 Å². The number of carbonyl (C=O) groups excluding carboxylic acids is 1. The average Bonchev–Trinajstić information content (AvgIpc) is 3.05. The Morgan fingerprint density at radius 1 is 1.26 bits per heavy atom. The minimum Gasteiger partial charge on any atom is -0.497 e. The van der Waals surface area contributed by atoms with Crippen molar-refractivity contribution in [3.63, 3.8) is 0 Å². The summed E-state index contributed by atoms with van der Waals surface area (Å²) in [5.74, 6) is 1.04. The summed E-state index contributed by atoms with van der Waals surface area (Å²) in [6.45, 7) is 12.2. The lowest BCUT2D eigenvalue weighted by atomic mass is 9.83. The van der Waals surface area contributed by atoms with Crippen LogP contribution in [-0.4, -0.2) is 55.0 Å². The van der Waals surface area contributed by atoms with Crippen molar-refractivity contribution in [2.45, 2.75) is 45.6 Å². The van der Waals surface area contributed by atoms with Gasteiger partial charge in [-0.05, 0) is 51.1 Å². The number of nitrogens with zero attached hydrogens (tertiary/aromatic N) is 2. The first kappa shape index (κ1) is 17.8. The molecule has 1 unspecified atom stereocenters. The Bertz CT molecular complexity index is 521. The highest BCUT2D eigenvalue weighted by Crippen LogP contribution is 2.29. The van der Waals surface area contributed by atoms with Crippen LogP contribution in [0.1, 0.15) is 39.7 Å². The molecule has 1 atom stereocenters. The molecule has 23 heavy (non-hydrogen) atoms. The molecule has 0 spiro atoms. The predicted octanol–water partition coefficient (Wildman–Crippen LogP) is 2.92. The summed E-state index contributed by atoms with van der Waals surface area (Å²) in [4.78, 5) is 17.5. The van der Waals surface area contributed by atoms with E-state index in [1.807, 2.05) is 43.0 Å². The Morgan fingerprint density at radius 2 is 1.87 bits per heavy atom. The number of hydrogen-bond acceptors (Lipinski definition) is 3. The van der Waals surface area contributed by atoms with Gasteiger partial charge in [-0.25, -0.2) is 0 Å². The molecule has 0 saturated carbocycles. The van der Waals surface area contributed by atoms with E-state index in [2.05, 4.69) is 18.7 Å². The maximum absolute atomic E-state index is 13.0. The molecule has 1 heterocycles. The van der Waals surface area contributed by atoms with E-state index < -0.39 is 5.41 Å². The van der Waals surface area contributed by atoms with Crippen LogP contribution in [0, 0.1) is 0 Å². The van der Waals surface area contributed by atoms with E-state index >= 15 is 0 Å². The molecule has 0 bridgehead atoms. The second kappa shape index (κ2) is 7.35. The number of likely N-dealkylation sites (N-methyl/N-ethyl adjacent to an activating group) is 1. The Kier molecular flexibility index (Phi) is 5.69. The summed E-state index contributed by atoms with van der Waals surface area (Å²) in [5, 5.41) is 0. The average molecular weight is 318 g/mol. The summed E-state index contributed by atoms with van der Waals surface area (Å²) in [5.41, 5.74) is 0.527. The maximum atomic E-state index is 13.0. The van der Waals surface area contributed by atoms with E-state index in [1.165, 1.54) is 0 Å². The SMILES string of the molecule is CCN(CC)C1CCN(C(=O)C(C)(C)c2ccc(OC)cc2)C1. The van der Waals surface area contributed by atoms with Gasteiger partial charge in [-0.15, -0.1) is 0 Å². The molecule has 0 N–H and O–H groups in total. The topological polar surface area (TPSA) is 32.8 Å². The van der Waals surface area contributed by atoms with Gasteiger partial charge in [0, 0.05) is 19.1 Å². The maximum Gasteiger partial charge on any atom is 0.232 e. The molecule has 1 aliphatic heterocycles. The molecule has 4 nitrogen and oxygen atoms in total. The Balaban J connectivity index is 2.09. The highest BCUT2D eigenvalue weighted by molar-refractivity contribution is 5.87. The smallest absolute Gasteiger partial charge is 0.232 e. The fourth-order valence-corrected chi connectivity index (χ4v) is 3.49. The van der Waals surface area contributed by atoms with Gasteiger partial charge in [0.2, 0.25) is 5.91 Å². The van der Waals surface area contributed by atoms with E-state index in [0.717, 1.165) is 43.9 Å². The Morgan fingerprint density at radius 3 is 2.39 bits per heavy atom. The number of benzene rings is 1. The number of rotatable bonds is 6. The van der Waals surface area contributed by atoms with E-state index in [0.29, 0.717) is 6.04 Å². The van der Waals surface area contributed by atoms with Crippen LogP contribution in [0.2, 0.25) is 0 Å². The lowest BCUT2D eigenvalue weighted by Crippen LogP contribution is -2.44. The summed E-state index contributed by atoms with van der Waals surface area (Å²) in [7, 11) is 1.66. The molecule has 4 heteroatoms. The van der Waals surface area contributed by atoms with Crippen molar-refractivity contribution in [1.82, 2.24) is 9.80 Å². The molecule has 0 aromatic heterocycles. The number of carbonyl (C=O) groups is 1. The molecule has 128 valence electrons. The normalized spacial score (nSPS) is 18.5. The van der Waals surface area contributed by atoms with Gasteiger partial charge in [-0.2, -0.15) is 0 Å². The third-order valence-electron chi connectivity index (χ3n) is 5.13. The largest absolute Gasteiger partial charge is 0.497 e. The third-order valence-corrected chi connectivity index (χ3v) is 5.13. The molecular weight excluding hydrogens is 288 g/mol. The molecule has 2 rings (SSSR count). The highest BCUT2D eigenvalue weighted by Gasteiger charge is 2.38. The van der Waals surface area contributed by atoms with Crippen LogP contribution in [0.25, 0.3) is 0 Å². The third kappa shape index (κ3) is 3.69. The van der Waals surface area contributed by atoms with Crippen molar-refractivity contribution in [3.05, 3.63) is 29.8 Å². The van der Waals surface area contributed by atoms with Crippen LogP contribution < -0.4 is 4.74 Å². The van der Waals surface area contributed by atoms with Crippen molar-refractivity contribution in [3.8, 4) is 5.75 Å². The van der Waals surface area contributed by atoms with Gasteiger partial charge in [-0.1, -0.05) is 26.0 Å². The first-order valence-electron chi connectivity index (χ1n) is 8.62. The van der Waals surface area contributed by atoms with Crippen LogP contribution in [0.5, 0.6) is 5.75 Å². The van der Waals surface area contributed by atoms with Crippen molar-refractivity contribution >= 4 is 5.91 Å². The molecule has 1 aliphatic rings. The van der Waals surface area contributed by atoms with E-state index in [9.17, 15) is 4.79 Å². The van der Waals surface area contributed by atoms with Crippen molar-refractivity contribution < 1.29 is 9.53 Å². The molecule has 1 fully saturated rings. The van der Waals surface area contributed by atoms with Crippen LogP contribution in [0.3, 0.4) is 0 Å². The quantitative estimate of drug-likeness (QED) is 0.808. The lowest BCUT2D eigenvalue weighted by molar-refractivity contribution is -0.135. The minimum atomic E-state index is -0.510. The number of hydrogen-bond donors (Lipinski definition) is 0. The molecule has 1 saturated heterocycles. The summed E-state index contributed by atoms with van der Waals surface area (Å²) < 4.78 is 5.21. The lowest BCUT2D eigenvalue weighted by Gasteiger charge is -2.31. The second-order valence-corrected chi connectivity index (χ2v) is 6.77. The summed E-state index contributed by atoms with van der Waals surface area (Å²) >= 11 is 0. The molecule has 1 aromatic carbocycles. The van der Waals surface area contributed by atoms with Gasteiger partial charge < -0.3 is 9.64 Å². The molecule has 1 aromatic rings. The molecular formula is C19H30N2O2. The minimum absolute atomic E-state index is 0.220. The van der Waals surface area contributed by atoms with Crippen LogP contribution in [0.15, 0.2) is 24.3 Å². The fraction of sp³-hybridized carbons (Fsp3) is 0.632. The first-order valence-corrected chi connectivity index (χ1v) is 8.62. The van der Waals surface area contributed by atoms with Crippen LogP contribution in [0.4, 0.5) is 0 Å². The zero-order valence-electron chi connectivity index (χ0n) is 15.1. The summed E-state index contributed by atoms with van der Waals surface area (Å²) in [6, 6.07) is 8.34. The van der Waals surface area contributed by atoms with Crippen molar-refractivity contribution in [2.75, 3.05) is 33.3 Å². The zero-order valence-corrected chi connectivity index (χ0v) is 15.1. The monoisotopic (exact) mass is 318 g/mol. The van der Waals surface area contributed by atoms with Crippen molar-refractivity contribution in [2.24, 2.45) is 0 Å². The van der Waals surface area contributed by atoms with E-state index in [4.69, 9.17) is 4.74 Å². The van der Waals surface area contributed by atoms with Gasteiger partial charge in [0.15, 0.2) is 0 Å². The van der Waals surface area contributed by atoms with Crippen LogP contribution in [-0.2, 0) is 10.2 Å². The zero-order chi connectivity index (χ0) is 17.0. The van der Waals surface area contributed by atoms with Gasteiger partial charge in [0.05, 0.1) is 12.5 Å². The molecule has 0 aliphatic carbocycles. The molecule has 0 radical (unpaired) electrons. The van der Waals surface area contributed by atoms with Crippen molar-refractivity contribution in [1.29, 1.82) is 0 Å². The molecule has 1 amide bonds. The van der Waals surface area contributed by atoms with Crippen LogP contribution >= 0.6 is 0 Å². The van der Waals surface area contributed by atoms with E-state index in [-0.39, 0.29) is 5.91 Å². The standard InChI is InChI=1S/C19H30N2O2/c1-6-20(7-2)16-12-13-21(14-16)18(22)19(3,4)15-8-10-17(23-5)11-9-15/h8-11,16H,6-7,12-14H2,1-5H3. The fourth-order valence-electron chi connectivity index (χ4n) is 3.49. The second-order valence-electron chi connectivity index (χ2n) is 6.77.